The van der Waals surface area contributed by atoms with E-state index < -0.39 is 4.92 Å². The Kier molecular flexibility index (Phi) is 7.63. The van der Waals surface area contributed by atoms with E-state index in [2.05, 4.69) is 15.3 Å². The SMILES string of the molecule is CCn1ccc(Oc2ccc(Nc3ncnc4cc(OCCN(C)C)c([N+](=O)[O-])cc34)cc2C)cc1=O. The van der Waals surface area contributed by atoms with Gasteiger partial charge in [0.15, 0.2) is 5.75 Å². The molecular formula is C26H28N6O5. The lowest BCUT2D eigenvalue weighted by molar-refractivity contribution is -0.385. The highest BCUT2D eigenvalue weighted by Gasteiger charge is 2.19. The quantitative estimate of drug-likeness (QED) is 0.245. The molecule has 0 unspecified atom stereocenters. The molecule has 2 heterocycles. The van der Waals surface area contributed by atoms with Crippen molar-refractivity contribution in [3.63, 3.8) is 0 Å². The minimum atomic E-state index is -0.476. The fourth-order valence-corrected chi connectivity index (χ4v) is 3.69. The molecule has 0 aliphatic heterocycles. The standard InChI is InChI=1S/C26H28N6O5/c1-5-31-9-8-19(13-25(31)33)37-23-7-6-18(12-17(23)2)29-26-20-14-22(32(34)35)24(36-11-10-30(3)4)15-21(20)27-16-28-26/h6-9,12-16H,5,10-11H2,1-4H3,(H,27,28,29). The molecule has 0 bridgehead atoms. The van der Waals surface area contributed by atoms with Crippen LogP contribution in [-0.4, -0.2) is 51.6 Å². The summed E-state index contributed by atoms with van der Waals surface area (Å²) >= 11 is 0. The normalized spacial score (nSPS) is 11.1. The fraction of sp³-hybridized carbons (Fsp3) is 0.269. The molecule has 0 aliphatic rings. The molecule has 37 heavy (non-hydrogen) atoms. The summed E-state index contributed by atoms with van der Waals surface area (Å²) in [6, 6.07) is 11.6. The Bertz CT molecular complexity index is 1500. The monoisotopic (exact) mass is 504 g/mol. The van der Waals surface area contributed by atoms with Crippen molar-refractivity contribution in [1.29, 1.82) is 0 Å². The van der Waals surface area contributed by atoms with Gasteiger partial charge in [-0.15, -0.1) is 0 Å². The molecule has 11 heteroatoms. The van der Waals surface area contributed by atoms with Crippen LogP contribution in [0.4, 0.5) is 17.2 Å². The minimum absolute atomic E-state index is 0.132. The molecule has 0 amide bonds. The number of nitro groups is 1. The molecule has 0 saturated carbocycles. The van der Waals surface area contributed by atoms with Crippen LogP contribution in [0.15, 0.2) is 59.8 Å². The summed E-state index contributed by atoms with van der Waals surface area (Å²) in [6.07, 6.45) is 3.09. The maximum Gasteiger partial charge on any atom is 0.311 e. The Balaban J connectivity index is 1.59. The van der Waals surface area contributed by atoms with Crippen molar-refractivity contribution in [2.75, 3.05) is 32.6 Å². The number of rotatable bonds is 10. The van der Waals surface area contributed by atoms with Crippen LogP contribution < -0.4 is 20.3 Å². The van der Waals surface area contributed by atoms with E-state index in [1.165, 1.54) is 18.5 Å². The minimum Gasteiger partial charge on any atom is -0.485 e. The summed E-state index contributed by atoms with van der Waals surface area (Å²) < 4.78 is 13.2. The zero-order chi connectivity index (χ0) is 26.5. The molecular weight excluding hydrogens is 476 g/mol. The molecule has 192 valence electrons. The van der Waals surface area contributed by atoms with Gasteiger partial charge in [-0.1, -0.05) is 0 Å². The van der Waals surface area contributed by atoms with Gasteiger partial charge >= 0.3 is 5.69 Å². The van der Waals surface area contributed by atoms with E-state index in [0.717, 1.165) is 5.56 Å². The summed E-state index contributed by atoms with van der Waals surface area (Å²) in [4.78, 5) is 33.9. The molecule has 1 N–H and O–H groups in total. The molecule has 2 aromatic heterocycles. The van der Waals surface area contributed by atoms with Gasteiger partial charge < -0.3 is 24.3 Å². The van der Waals surface area contributed by atoms with Gasteiger partial charge in [0.25, 0.3) is 5.56 Å². The van der Waals surface area contributed by atoms with E-state index >= 15 is 0 Å². The third kappa shape index (κ3) is 6.01. The Morgan fingerprint density at radius 1 is 1.11 bits per heavy atom. The Labute approximate surface area is 213 Å². The number of pyridine rings is 1. The lowest BCUT2D eigenvalue weighted by Crippen LogP contribution is -2.19. The van der Waals surface area contributed by atoms with E-state index in [1.54, 1.807) is 35.0 Å². The van der Waals surface area contributed by atoms with Gasteiger partial charge in [0, 0.05) is 43.2 Å². The molecule has 0 atom stereocenters. The Morgan fingerprint density at radius 2 is 1.92 bits per heavy atom. The third-order valence-corrected chi connectivity index (χ3v) is 5.68. The second-order valence-corrected chi connectivity index (χ2v) is 8.66. The van der Waals surface area contributed by atoms with Gasteiger partial charge in [-0.3, -0.25) is 14.9 Å². The molecule has 0 radical (unpaired) electrons. The number of benzene rings is 2. The van der Waals surface area contributed by atoms with Crippen LogP contribution in [0, 0.1) is 17.0 Å². The summed E-state index contributed by atoms with van der Waals surface area (Å²) in [5.74, 6) is 1.63. The first-order chi connectivity index (χ1) is 17.7. The number of anilines is 2. The largest absolute Gasteiger partial charge is 0.485 e. The number of hydrogen-bond donors (Lipinski definition) is 1. The predicted molar refractivity (Wildman–Crippen MR) is 141 cm³/mol. The smallest absolute Gasteiger partial charge is 0.311 e. The number of nitrogens with one attached hydrogen (secondary N) is 1. The number of nitrogens with zero attached hydrogens (tertiary/aromatic N) is 5. The van der Waals surface area contributed by atoms with Gasteiger partial charge in [0.2, 0.25) is 0 Å². The number of aromatic nitrogens is 3. The predicted octanol–water partition coefficient (Wildman–Crippen LogP) is 4.50. The van der Waals surface area contributed by atoms with Crippen LogP contribution in [0.5, 0.6) is 17.2 Å². The second kappa shape index (κ2) is 11.0. The number of hydrogen-bond acceptors (Lipinski definition) is 9. The third-order valence-electron chi connectivity index (χ3n) is 5.68. The first-order valence-corrected chi connectivity index (χ1v) is 11.7. The van der Waals surface area contributed by atoms with Crippen LogP contribution in [0.1, 0.15) is 12.5 Å². The van der Waals surface area contributed by atoms with Crippen LogP contribution in [0.3, 0.4) is 0 Å². The highest BCUT2D eigenvalue weighted by atomic mass is 16.6. The molecule has 2 aromatic carbocycles. The van der Waals surface area contributed by atoms with Crippen molar-refractivity contribution >= 4 is 28.1 Å². The number of fused-ring (bicyclic) bond motifs is 1. The molecule has 4 rings (SSSR count). The van der Waals surface area contributed by atoms with E-state index in [-0.39, 0.29) is 17.0 Å². The van der Waals surface area contributed by atoms with Gasteiger partial charge in [0.1, 0.15) is 30.3 Å². The molecule has 0 spiro atoms. The summed E-state index contributed by atoms with van der Waals surface area (Å²) in [5.41, 5.74) is 1.76. The average molecular weight is 505 g/mol. The first-order valence-electron chi connectivity index (χ1n) is 11.7. The Morgan fingerprint density at radius 3 is 2.59 bits per heavy atom. The van der Waals surface area contributed by atoms with Crippen LogP contribution in [-0.2, 0) is 6.54 Å². The van der Waals surface area contributed by atoms with Gasteiger partial charge in [-0.25, -0.2) is 9.97 Å². The second-order valence-electron chi connectivity index (χ2n) is 8.66. The van der Waals surface area contributed by atoms with Gasteiger partial charge in [-0.05, 0) is 57.8 Å². The lowest BCUT2D eigenvalue weighted by atomic mass is 10.1. The number of likely N-dealkylation sites (N-methyl/N-ethyl adjacent to an activating group) is 1. The molecule has 11 nitrogen and oxygen atoms in total. The number of nitro benzene ring substituents is 1. The highest BCUT2D eigenvalue weighted by Crippen LogP contribution is 2.35. The van der Waals surface area contributed by atoms with Crippen LogP contribution in [0.2, 0.25) is 0 Å². The maximum atomic E-state index is 12.1. The van der Waals surface area contributed by atoms with E-state index in [1.807, 2.05) is 38.9 Å². The number of ether oxygens (including phenoxy) is 2. The summed E-state index contributed by atoms with van der Waals surface area (Å²) in [5, 5.41) is 15.4. The average Bonchev–Trinajstić information content (AvgIpc) is 2.85. The molecule has 0 saturated heterocycles. The van der Waals surface area contributed by atoms with Crippen molar-refractivity contribution in [2.24, 2.45) is 0 Å². The van der Waals surface area contributed by atoms with E-state index in [0.29, 0.717) is 53.6 Å². The van der Waals surface area contributed by atoms with Crippen molar-refractivity contribution in [3.8, 4) is 17.2 Å². The molecule has 0 fully saturated rings. The van der Waals surface area contributed by atoms with Crippen LogP contribution in [0.25, 0.3) is 10.9 Å². The maximum absolute atomic E-state index is 12.1. The van der Waals surface area contributed by atoms with Crippen molar-refractivity contribution < 1.29 is 14.4 Å². The highest BCUT2D eigenvalue weighted by molar-refractivity contribution is 5.93. The van der Waals surface area contributed by atoms with Gasteiger partial charge in [-0.2, -0.15) is 0 Å². The van der Waals surface area contributed by atoms with Crippen molar-refractivity contribution in [1.82, 2.24) is 19.4 Å². The Hall–Kier alpha value is -4.51. The molecule has 0 aliphatic carbocycles. The zero-order valence-electron chi connectivity index (χ0n) is 21.1. The fourth-order valence-electron chi connectivity index (χ4n) is 3.69. The van der Waals surface area contributed by atoms with Gasteiger partial charge in [0.05, 0.1) is 15.8 Å². The van der Waals surface area contributed by atoms with E-state index in [9.17, 15) is 14.9 Å². The topological polar surface area (TPSA) is 125 Å². The summed E-state index contributed by atoms with van der Waals surface area (Å²) in [6.45, 7) is 5.29. The zero-order valence-corrected chi connectivity index (χ0v) is 21.1. The lowest BCUT2D eigenvalue weighted by Gasteiger charge is -2.14. The van der Waals surface area contributed by atoms with Crippen LogP contribution >= 0.6 is 0 Å². The van der Waals surface area contributed by atoms with Crippen molar-refractivity contribution in [2.45, 2.75) is 20.4 Å². The first kappa shape index (κ1) is 25.6. The number of aryl methyl sites for hydroxylation is 2. The van der Waals surface area contributed by atoms with E-state index in [4.69, 9.17) is 9.47 Å². The van der Waals surface area contributed by atoms with Crippen molar-refractivity contribution in [3.05, 3.63) is 81.0 Å². The summed E-state index contributed by atoms with van der Waals surface area (Å²) in [7, 11) is 3.80. The molecule has 4 aromatic rings.